The number of carbonyl (C=O) groups is 2. The third kappa shape index (κ3) is 6.99. The van der Waals surface area contributed by atoms with Crippen LogP contribution in [0, 0.1) is 5.82 Å². The largest absolute Gasteiger partial charge is 0.484 e. The number of ether oxygens (including phenoxy) is 2. The Kier molecular flexibility index (Phi) is 9.28. The first-order chi connectivity index (χ1) is 18.8. The highest BCUT2D eigenvalue weighted by molar-refractivity contribution is 7.89. The summed E-state index contributed by atoms with van der Waals surface area (Å²) in [4.78, 5) is 27.9. The molecular formula is C28H30FN3O6S. The number of halogens is 1. The Labute approximate surface area is 227 Å². The molecule has 1 fully saturated rings. The molecule has 0 spiro atoms. The van der Waals surface area contributed by atoms with E-state index in [9.17, 15) is 22.4 Å². The third-order valence-corrected chi connectivity index (χ3v) is 8.21. The average molecular weight is 556 g/mol. The fourth-order valence-corrected chi connectivity index (χ4v) is 5.63. The number of carbonyl (C=O) groups excluding carboxylic acids is 2. The van der Waals surface area contributed by atoms with Gasteiger partial charge in [0.05, 0.1) is 18.1 Å². The molecule has 1 atom stereocenters. The summed E-state index contributed by atoms with van der Waals surface area (Å²) in [5.74, 6) is -0.997. The van der Waals surface area contributed by atoms with Crippen molar-refractivity contribution in [3.05, 3.63) is 95.8 Å². The zero-order valence-electron chi connectivity index (χ0n) is 21.5. The first kappa shape index (κ1) is 28.2. The molecule has 0 aromatic heterocycles. The molecule has 0 aliphatic carbocycles. The van der Waals surface area contributed by atoms with E-state index in [1.54, 1.807) is 36.4 Å². The van der Waals surface area contributed by atoms with Gasteiger partial charge in [-0.3, -0.25) is 9.59 Å². The van der Waals surface area contributed by atoms with Gasteiger partial charge in [-0.1, -0.05) is 42.5 Å². The van der Waals surface area contributed by atoms with Crippen molar-refractivity contribution in [3.63, 3.8) is 0 Å². The molecule has 11 heteroatoms. The molecule has 1 heterocycles. The molecule has 39 heavy (non-hydrogen) atoms. The highest BCUT2D eigenvalue weighted by atomic mass is 32.2. The minimum atomic E-state index is -3.66. The zero-order valence-corrected chi connectivity index (χ0v) is 22.3. The number of amides is 2. The van der Waals surface area contributed by atoms with Gasteiger partial charge in [-0.2, -0.15) is 4.31 Å². The summed E-state index contributed by atoms with van der Waals surface area (Å²) in [6.45, 7) is 0.886. The number of likely N-dealkylation sites (N-methyl/N-ethyl adjacent to an activating group) is 1. The second-order valence-corrected chi connectivity index (χ2v) is 10.8. The van der Waals surface area contributed by atoms with Crippen LogP contribution in [0.25, 0.3) is 0 Å². The maximum atomic E-state index is 13.5. The predicted molar refractivity (Wildman–Crippen MR) is 142 cm³/mol. The Morgan fingerprint density at radius 3 is 2.26 bits per heavy atom. The van der Waals surface area contributed by atoms with E-state index in [2.05, 4.69) is 5.32 Å². The lowest BCUT2D eigenvalue weighted by atomic mass is 10.0. The van der Waals surface area contributed by atoms with Crippen molar-refractivity contribution < 1.29 is 31.9 Å². The van der Waals surface area contributed by atoms with E-state index < -0.39 is 40.3 Å². The molecule has 9 nitrogen and oxygen atoms in total. The maximum Gasteiger partial charge on any atom is 0.261 e. The minimum absolute atomic E-state index is 0.0339. The monoisotopic (exact) mass is 555 g/mol. The van der Waals surface area contributed by atoms with Crippen molar-refractivity contribution in [2.75, 3.05) is 40.0 Å². The van der Waals surface area contributed by atoms with Gasteiger partial charge >= 0.3 is 0 Å². The molecule has 0 saturated carbocycles. The van der Waals surface area contributed by atoms with Gasteiger partial charge < -0.3 is 19.7 Å². The van der Waals surface area contributed by atoms with Crippen LogP contribution in [0.2, 0.25) is 0 Å². The highest BCUT2D eigenvalue weighted by Gasteiger charge is 2.31. The number of rotatable bonds is 10. The first-order valence-electron chi connectivity index (χ1n) is 12.4. The smallest absolute Gasteiger partial charge is 0.261 e. The second-order valence-electron chi connectivity index (χ2n) is 8.85. The van der Waals surface area contributed by atoms with Gasteiger partial charge in [-0.05, 0) is 47.5 Å². The highest BCUT2D eigenvalue weighted by Crippen LogP contribution is 2.25. The molecule has 1 aliphatic heterocycles. The van der Waals surface area contributed by atoms with Crippen LogP contribution in [0.1, 0.15) is 17.2 Å². The van der Waals surface area contributed by atoms with Crippen LogP contribution in [0.4, 0.5) is 4.39 Å². The molecule has 1 aliphatic rings. The Morgan fingerprint density at radius 1 is 1.00 bits per heavy atom. The van der Waals surface area contributed by atoms with Gasteiger partial charge in [-0.25, -0.2) is 12.8 Å². The van der Waals surface area contributed by atoms with Crippen LogP contribution >= 0.6 is 0 Å². The second kappa shape index (κ2) is 12.8. The van der Waals surface area contributed by atoms with Gasteiger partial charge in [0.15, 0.2) is 6.61 Å². The van der Waals surface area contributed by atoms with Crippen molar-refractivity contribution in [3.8, 4) is 5.75 Å². The number of morpholine rings is 1. The topological polar surface area (TPSA) is 105 Å². The first-order valence-corrected chi connectivity index (χ1v) is 13.8. The number of nitrogens with zero attached hydrogens (tertiary/aromatic N) is 2. The quantitative estimate of drug-likeness (QED) is 0.413. The van der Waals surface area contributed by atoms with Crippen molar-refractivity contribution in [2.45, 2.75) is 17.5 Å². The van der Waals surface area contributed by atoms with Crippen molar-refractivity contribution in [1.29, 1.82) is 0 Å². The third-order valence-electron chi connectivity index (χ3n) is 6.30. The average Bonchev–Trinajstić information content (AvgIpc) is 2.97. The van der Waals surface area contributed by atoms with E-state index >= 15 is 0 Å². The number of nitrogens with one attached hydrogen (secondary N) is 1. The van der Waals surface area contributed by atoms with Gasteiger partial charge in [0.25, 0.3) is 5.91 Å². The van der Waals surface area contributed by atoms with E-state index in [1.165, 1.54) is 52.7 Å². The molecule has 0 bridgehead atoms. The molecule has 1 N–H and O–H groups in total. The molecule has 2 amide bonds. The van der Waals surface area contributed by atoms with Crippen LogP contribution < -0.4 is 10.1 Å². The molecule has 206 valence electrons. The molecule has 0 radical (unpaired) electrons. The fourth-order valence-electron chi connectivity index (χ4n) is 4.23. The molecule has 1 saturated heterocycles. The Bertz CT molecular complexity index is 1360. The van der Waals surface area contributed by atoms with E-state index in [0.717, 1.165) is 0 Å². The van der Waals surface area contributed by atoms with Crippen LogP contribution in [0.15, 0.2) is 83.8 Å². The van der Waals surface area contributed by atoms with Gasteiger partial charge in [0, 0.05) is 26.7 Å². The molecular weight excluding hydrogens is 525 g/mol. The van der Waals surface area contributed by atoms with Gasteiger partial charge in [0.2, 0.25) is 15.9 Å². The number of hydrogen-bond donors (Lipinski definition) is 1. The fraction of sp³-hybridized carbons (Fsp3) is 0.286. The zero-order chi connectivity index (χ0) is 27.8. The van der Waals surface area contributed by atoms with Crippen LogP contribution in [-0.2, 0) is 30.9 Å². The van der Waals surface area contributed by atoms with Crippen LogP contribution in [-0.4, -0.2) is 69.4 Å². The van der Waals surface area contributed by atoms with Crippen LogP contribution in [0.3, 0.4) is 0 Å². The van der Waals surface area contributed by atoms with Crippen LogP contribution in [0.5, 0.6) is 5.75 Å². The summed E-state index contributed by atoms with van der Waals surface area (Å²) in [6.07, 6.45) is 0. The van der Waals surface area contributed by atoms with E-state index in [-0.39, 0.29) is 24.5 Å². The number of benzene rings is 3. The Balaban J connectivity index is 1.53. The molecule has 3 aromatic rings. The lowest BCUT2D eigenvalue weighted by Crippen LogP contribution is -2.44. The van der Waals surface area contributed by atoms with E-state index in [0.29, 0.717) is 30.1 Å². The van der Waals surface area contributed by atoms with Gasteiger partial charge in [0.1, 0.15) is 17.6 Å². The standard InChI is InChI=1S/C28H30FN3O6S/c1-30-28(34)27(22-5-3-2-4-6-22)32(19-21-7-9-23(29)10-8-21)26(33)20-38-24-11-13-25(14-12-24)39(35,36)31-15-17-37-18-16-31/h2-14,27H,15-20H2,1H3,(H,30,34). The Hall–Kier alpha value is -3.80. The summed E-state index contributed by atoms with van der Waals surface area (Å²) in [6, 6.07) is 19.4. The predicted octanol–water partition coefficient (Wildman–Crippen LogP) is 2.74. The van der Waals surface area contributed by atoms with Crippen molar-refractivity contribution in [2.24, 2.45) is 0 Å². The Morgan fingerprint density at radius 2 is 1.64 bits per heavy atom. The van der Waals surface area contributed by atoms with Gasteiger partial charge in [-0.15, -0.1) is 0 Å². The minimum Gasteiger partial charge on any atom is -0.484 e. The molecule has 3 aromatic carbocycles. The lowest BCUT2D eigenvalue weighted by Gasteiger charge is -2.31. The SMILES string of the molecule is CNC(=O)C(c1ccccc1)N(Cc1ccc(F)cc1)C(=O)COc1ccc(S(=O)(=O)N2CCOCC2)cc1. The normalized spacial score (nSPS) is 14.8. The van der Waals surface area contributed by atoms with Crippen molar-refractivity contribution in [1.82, 2.24) is 14.5 Å². The summed E-state index contributed by atoms with van der Waals surface area (Å²) in [5.41, 5.74) is 1.23. The summed E-state index contributed by atoms with van der Waals surface area (Å²) in [7, 11) is -2.18. The number of sulfonamides is 1. The maximum absolute atomic E-state index is 13.5. The van der Waals surface area contributed by atoms with E-state index in [1.807, 2.05) is 6.07 Å². The summed E-state index contributed by atoms with van der Waals surface area (Å²) in [5, 5.41) is 2.61. The summed E-state index contributed by atoms with van der Waals surface area (Å²) < 4.78 is 51.5. The molecule has 4 rings (SSSR count). The van der Waals surface area contributed by atoms with Crippen molar-refractivity contribution >= 4 is 21.8 Å². The number of hydrogen-bond acceptors (Lipinski definition) is 6. The molecule has 1 unspecified atom stereocenters. The lowest BCUT2D eigenvalue weighted by molar-refractivity contribution is -0.143. The summed E-state index contributed by atoms with van der Waals surface area (Å²) >= 11 is 0. The van der Waals surface area contributed by atoms with E-state index in [4.69, 9.17) is 9.47 Å².